The topological polar surface area (TPSA) is 30.3 Å². The van der Waals surface area contributed by atoms with E-state index in [0.29, 0.717) is 23.7 Å². The lowest BCUT2D eigenvalue weighted by molar-refractivity contribution is 0.0991. The highest BCUT2D eigenvalue weighted by atomic mass is 19.1. The van der Waals surface area contributed by atoms with Crippen LogP contribution in [0.25, 0.3) is 0 Å². The zero-order chi connectivity index (χ0) is 13.1. The molecule has 4 heteroatoms. The van der Waals surface area contributed by atoms with Crippen LogP contribution in [-0.4, -0.2) is 42.5 Å². The van der Waals surface area contributed by atoms with E-state index in [1.807, 2.05) is 0 Å². The quantitative estimate of drug-likeness (QED) is 0.798. The first kappa shape index (κ1) is 13.0. The molecule has 0 aromatic heterocycles. The van der Waals surface area contributed by atoms with Crippen molar-refractivity contribution in [2.75, 3.05) is 26.7 Å². The molecule has 1 unspecified atom stereocenters. The molecule has 1 aliphatic rings. The van der Waals surface area contributed by atoms with E-state index in [9.17, 15) is 4.39 Å². The van der Waals surface area contributed by atoms with E-state index in [2.05, 4.69) is 29.8 Å². The average molecular weight is 247 g/mol. The second kappa shape index (κ2) is 5.47. The van der Waals surface area contributed by atoms with Gasteiger partial charge in [0.25, 0.3) is 0 Å². The van der Waals surface area contributed by atoms with Gasteiger partial charge in [0.05, 0.1) is 11.6 Å². The maximum absolute atomic E-state index is 13.7. The second-order valence-electron chi connectivity index (χ2n) is 4.98. The van der Waals surface area contributed by atoms with Crippen LogP contribution in [0.4, 0.5) is 4.39 Å². The van der Waals surface area contributed by atoms with Crippen molar-refractivity contribution in [3.05, 3.63) is 35.1 Å². The van der Waals surface area contributed by atoms with Crippen LogP contribution < -0.4 is 0 Å². The Morgan fingerprint density at radius 1 is 1.44 bits per heavy atom. The molecule has 0 aliphatic carbocycles. The normalized spacial score (nSPS) is 21.8. The number of benzene rings is 1. The predicted molar refractivity (Wildman–Crippen MR) is 68.5 cm³/mol. The molecule has 0 spiro atoms. The van der Waals surface area contributed by atoms with Crippen LogP contribution in [0.15, 0.2) is 18.2 Å². The van der Waals surface area contributed by atoms with Crippen LogP contribution in [-0.2, 0) is 6.54 Å². The Morgan fingerprint density at radius 3 is 2.89 bits per heavy atom. The Labute approximate surface area is 107 Å². The molecule has 96 valence electrons. The summed E-state index contributed by atoms with van der Waals surface area (Å²) in [6, 6.07) is 7.09. The number of hydrogen-bond acceptors (Lipinski definition) is 3. The van der Waals surface area contributed by atoms with E-state index in [4.69, 9.17) is 5.26 Å². The van der Waals surface area contributed by atoms with Gasteiger partial charge in [-0.1, -0.05) is 0 Å². The number of likely N-dealkylation sites (N-methyl/N-ethyl adjacent to an activating group) is 1. The first-order valence-corrected chi connectivity index (χ1v) is 6.21. The van der Waals surface area contributed by atoms with Gasteiger partial charge < -0.3 is 4.90 Å². The van der Waals surface area contributed by atoms with Crippen molar-refractivity contribution in [2.24, 2.45) is 0 Å². The molecule has 1 saturated heterocycles. The van der Waals surface area contributed by atoms with Gasteiger partial charge in [-0.15, -0.1) is 0 Å². The molecular weight excluding hydrogens is 229 g/mol. The van der Waals surface area contributed by atoms with E-state index in [1.54, 1.807) is 6.07 Å². The highest BCUT2D eigenvalue weighted by molar-refractivity contribution is 5.33. The minimum absolute atomic E-state index is 0.222. The van der Waals surface area contributed by atoms with E-state index in [0.717, 1.165) is 19.6 Å². The van der Waals surface area contributed by atoms with Crippen LogP contribution in [0.2, 0.25) is 0 Å². The van der Waals surface area contributed by atoms with Crippen LogP contribution in [0.5, 0.6) is 0 Å². The molecule has 1 heterocycles. The van der Waals surface area contributed by atoms with Gasteiger partial charge in [0, 0.05) is 37.8 Å². The lowest BCUT2D eigenvalue weighted by Gasteiger charge is -2.37. The van der Waals surface area contributed by atoms with Crippen LogP contribution in [0.1, 0.15) is 18.1 Å². The minimum atomic E-state index is -0.222. The van der Waals surface area contributed by atoms with Crippen molar-refractivity contribution in [3.63, 3.8) is 0 Å². The van der Waals surface area contributed by atoms with Gasteiger partial charge in [-0.2, -0.15) is 5.26 Å². The predicted octanol–water partition coefficient (Wildman–Crippen LogP) is 1.83. The Kier molecular flexibility index (Phi) is 3.95. The third kappa shape index (κ3) is 2.87. The zero-order valence-corrected chi connectivity index (χ0v) is 10.9. The summed E-state index contributed by atoms with van der Waals surface area (Å²) in [5, 5.41) is 8.84. The summed E-state index contributed by atoms with van der Waals surface area (Å²) in [4.78, 5) is 4.54. The first-order chi connectivity index (χ1) is 8.60. The van der Waals surface area contributed by atoms with Gasteiger partial charge >= 0.3 is 0 Å². The summed E-state index contributed by atoms with van der Waals surface area (Å²) < 4.78 is 13.7. The fourth-order valence-corrected chi connectivity index (χ4v) is 2.27. The van der Waals surface area contributed by atoms with E-state index in [1.165, 1.54) is 12.1 Å². The molecule has 1 aliphatic heterocycles. The Morgan fingerprint density at radius 2 is 2.22 bits per heavy atom. The number of halogens is 1. The molecule has 1 aromatic rings. The van der Waals surface area contributed by atoms with Gasteiger partial charge in [0.2, 0.25) is 0 Å². The first-order valence-electron chi connectivity index (χ1n) is 6.21. The molecule has 1 aromatic carbocycles. The molecule has 18 heavy (non-hydrogen) atoms. The molecule has 1 atom stereocenters. The van der Waals surface area contributed by atoms with Gasteiger partial charge in [-0.25, -0.2) is 4.39 Å². The maximum atomic E-state index is 13.7. The molecule has 2 rings (SSSR count). The van der Waals surface area contributed by atoms with Gasteiger partial charge in [-0.05, 0) is 32.2 Å². The highest BCUT2D eigenvalue weighted by Gasteiger charge is 2.21. The fraction of sp³-hybridized carbons (Fsp3) is 0.500. The third-order valence-electron chi connectivity index (χ3n) is 3.61. The zero-order valence-electron chi connectivity index (χ0n) is 10.9. The number of hydrogen-bond donors (Lipinski definition) is 0. The van der Waals surface area contributed by atoms with Crippen molar-refractivity contribution < 1.29 is 4.39 Å². The van der Waals surface area contributed by atoms with Crippen molar-refractivity contribution in [1.29, 1.82) is 5.26 Å². The summed E-state index contributed by atoms with van der Waals surface area (Å²) in [6.07, 6.45) is 0. The standard InChI is InChI=1S/C14H18FN3/c1-11-9-18(6-5-17(11)2)10-13-7-12(8-16)3-4-14(13)15/h3-4,7,11H,5-6,9-10H2,1-2H3. The fourth-order valence-electron chi connectivity index (χ4n) is 2.27. The van der Waals surface area contributed by atoms with Crippen LogP contribution in [0.3, 0.4) is 0 Å². The second-order valence-corrected chi connectivity index (χ2v) is 4.98. The molecule has 0 bridgehead atoms. The molecule has 3 nitrogen and oxygen atoms in total. The lowest BCUT2D eigenvalue weighted by Crippen LogP contribution is -2.49. The summed E-state index contributed by atoms with van der Waals surface area (Å²) in [5.41, 5.74) is 1.14. The molecule has 0 N–H and O–H groups in total. The molecule has 0 radical (unpaired) electrons. The summed E-state index contributed by atoms with van der Waals surface area (Å²) in [7, 11) is 2.11. The van der Waals surface area contributed by atoms with Crippen LogP contribution in [0, 0.1) is 17.1 Å². The molecule has 1 fully saturated rings. The van der Waals surface area contributed by atoms with E-state index >= 15 is 0 Å². The smallest absolute Gasteiger partial charge is 0.127 e. The molecular formula is C14H18FN3. The van der Waals surface area contributed by atoms with E-state index in [-0.39, 0.29) is 5.82 Å². The Hall–Kier alpha value is -1.44. The third-order valence-corrected chi connectivity index (χ3v) is 3.61. The van der Waals surface area contributed by atoms with Crippen molar-refractivity contribution in [1.82, 2.24) is 9.80 Å². The number of rotatable bonds is 2. The SMILES string of the molecule is CC1CN(Cc2cc(C#N)ccc2F)CCN1C. The van der Waals surface area contributed by atoms with Crippen molar-refractivity contribution in [2.45, 2.75) is 19.5 Å². The number of piperazine rings is 1. The minimum Gasteiger partial charge on any atom is -0.301 e. The Bertz CT molecular complexity index is 467. The number of nitrogens with zero attached hydrogens (tertiary/aromatic N) is 3. The lowest BCUT2D eigenvalue weighted by atomic mass is 10.1. The van der Waals surface area contributed by atoms with Gasteiger partial charge in [0.15, 0.2) is 0 Å². The number of nitriles is 1. The highest BCUT2D eigenvalue weighted by Crippen LogP contribution is 2.15. The summed E-state index contributed by atoms with van der Waals surface area (Å²) in [6.45, 7) is 5.64. The average Bonchev–Trinajstić information content (AvgIpc) is 2.36. The molecule has 0 saturated carbocycles. The van der Waals surface area contributed by atoms with Gasteiger partial charge in [0.1, 0.15) is 5.82 Å². The maximum Gasteiger partial charge on any atom is 0.127 e. The Balaban J connectivity index is 2.08. The van der Waals surface area contributed by atoms with Crippen molar-refractivity contribution >= 4 is 0 Å². The van der Waals surface area contributed by atoms with Gasteiger partial charge in [-0.3, -0.25) is 4.90 Å². The summed E-state index contributed by atoms with van der Waals surface area (Å²) in [5.74, 6) is -0.222. The largest absolute Gasteiger partial charge is 0.301 e. The van der Waals surface area contributed by atoms with E-state index < -0.39 is 0 Å². The monoisotopic (exact) mass is 247 g/mol. The van der Waals surface area contributed by atoms with Crippen LogP contribution >= 0.6 is 0 Å². The molecule has 0 amide bonds. The summed E-state index contributed by atoms with van der Waals surface area (Å²) >= 11 is 0. The van der Waals surface area contributed by atoms with Crippen molar-refractivity contribution in [3.8, 4) is 6.07 Å².